The van der Waals surface area contributed by atoms with Crippen molar-refractivity contribution in [2.24, 2.45) is 0 Å². The first kappa shape index (κ1) is 10.3. The molecule has 10 heavy (non-hydrogen) atoms. The Hall–Kier alpha value is 0.270. The molecule has 0 aromatic heterocycles. The third-order valence-corrected chi connectivity index (χ3v) is 1.50. The SMILES string of the molecule is OCCOCCCCCS. The molecule has 0 unspecified atom stereocenters. The van der Waals surface area contributed by atoms with E-state index >= 15 is 0 Å². The number of unbranched alkanes of at least 4 members (excludes halogenated alkanes) is 2. The van der Waals surface area contributed by atoms with Crippen LogP contribution in [-0.4, -0.2) is 30.7 Å². The molecule has 0 rings (SSSR count). The predicted molar refractivity (Wildman–Crippen MR) is 45.6 cm³/mol. The van der Waals surface area contributed by atoms with Crippen molar-refractivity contribution >= 4 is 12.6 Å². The lowest BCUT2D eigenvalue weighted by atomic mass is 10.3. The van der Waals surface area contributed by atoms with Crippen molar-refractivity contribution in [2.75, 3.05) is 25.6 Å². The summed E-state index contributed by atoms with van der Waals surface area (Å²) in [6.07, 6.45) is 3.42. The van der Waals surface area contributed by atoms with Crippen LogP contribution in [0.25, 0.3) is 0 Å². The molecule has 2 nitrogen and oxygen atoms in total. The molecule has 0 fully saturated rings. The zero-order valence-electron chi connectivity index (χ0n) is 6.25. The van der Waals surface area contributed by atoms with E-state index in [-0.39, 0.29) is 6.61 Å². The van der Waals surface area contributed by atoms with Crippen LogP contribution in [-0.2, 0) is 4.74 Å². The molecular formula is C7H16O2S. The minimum atomic E-state index is 0.132. The van der Waals surface area contributed by atoms with E-state index in [1.807, 2.05) is 0 Å². The molecule has 3 heteroatoms. The average Bonchev–Trinajstić information content (AvgIpc) is 1.97. The average molecular weight is 164 g/mol. The lowest BCUT2D eigenvalue weighted by Crippen LogP contribution is -2.00. The number of aliphatic hydroxyl groups excluding tert-OH is 1. The second-order valence-electron chi connectivity index (χ2n) is 2.12. The van der Waals surface area contributed by atoms with Gasteiger partial charge in [-0.05, 0) is 18.6 Å². The summed E-state index contributed by atoms with van der Waals surface area (Å²) < 4.78 is 5.05. The lowest BCUT2D eigenvalue weighted by molar-refractivity contribution is 0.0898. The van der Waals surface area contributed by atoms with E-state index in [4.69, 9.17) is 9.84 Å². The molecule has 0 aromatic rings. The fraction of sp³-hybridized carbons (Fsp3) is 1.00. The summed E-state index contributed by atoms with van der Waals surface area (Å²) in [5.74, 6) is 0.958. The second kappa shape index (κ2) is 9.27. The summed E-state index contributed by atoms with van der Waals surface area (Å²) >= 11 is 4.08. The van der Waals surface area contributed by atoms with E-state index < -0.39 is 0 Å². The standard InChI is InChI=1S/C7H16O2S/c8-4-6-9-5-2-1-3-7-10/h8,10H,1-7H2. The highest BCUT2D eigenvalue weighted by atomic mass is 32.1. The number of ether oxygens (including phenoxy) is 1. The highest BCUT2D eigenvalue weighted by molar-refractivity contribution is 7.80. The Morgan fingerprint density at radius 2 is 1.90 bits per heavy atom. The van der Waals surface area contributed by atoms with Gasteiger partial charge in [0.25, 0.3) is 0 Å². The predicted octanol–water partition coefficient (Wildman–Crippen LogP) is 1.10. The maximum Gasteiger partial charge on any atom is 0.0697 e. The first-order valence-electron chi connectivity index (χ1n) is 3.71. The first-order valence-corrected chi connectivity index (χ1v) is 4.34. The summed E-state index contributed by atoms with van der Waals surface area (Å²) in [7, 11) is 0. The minimum Gasteiger partial charge on any atom is -0.394 e. The Morgan fingerprint density at radius 3 is 2.50 bits per heavy atom. The van der Waals surface area contributed by atoms with E-state index in [9.17, 15) is 0 Å². The van der Waals surface area contributed by atoms with Crippen LogP contribution in [0.4, 0.5) is 0 Å². The van der Waals surface area contributed by atoms with Crippen LogP contribution in [0.5, 0.6) is 0 Å². The van der Waals surface area contributed by atoms with Gasteiger partial charge in [-0.3, -0.25) is 0 Å². The highest BCUT2D eigenvalue weighted by Crippen LogP contribution is 1.96. The maximum atomic E-state index is 8.33. The molecule has 0 spiro atoms. The zero-order valence-corrected chi connectivity index (χ0v) is 7.15. The molecule has 0 saturated carbocycles. The van der Waals surface area contributed by atoms with Crippen LogP contribution in [0.15, 0.2) is 0 Å². The van der Waals surface area contributed by atoms with Crippen molar-refractivity contribution in [2.45, 2.75) is 19.3 Å². The normalized spacial score (nSPS) is 10.2. The smallest absolute Gasteiger partial charge is 0.0697 e. The molecule has 0 saturated heterocycles. The van der Waals surface area contributed by atoms with Crippen LogP contribution in [0.2, 0.25) is 0 Å². The lowest BCUT2D eigenvalue weighted by Gasteiger charge is -1.99. The van der Waals surface area contributed by atoms with Crippen molar-refractivity contribution in [3.05, 3.63) is 0 Å². The Bertz CT molecular complexity index is 51.6. The molecular weight excluding hydrogens is 148 g/mol. The number of hydrogen-bond donors (Lipinski definition) is 2. The van der Waals surface area contributed by atoms with Gasteiger partial charge >= 0.3 is 0 Å². The topological polar surface area (TPSA) is 29.5 Å². The van der Waals surface area contributed by atoms with Crippen molar-refractivity contribution in [3.8, 4) is 0 Å². The van der Waals surface area contributed by atoms with Gasteiger partial charge in [-0.15, -0.1) is 0 Å². The van der Waals surface area contributed by atoms with Gasteiger partial charge in [-0.25, -0.2) is 0 Å². The Kier molecular flexibility index (Phi) is 9.52. The van der Waals surface area contributed by atoms with E-state index in [1.54, 1.807) is 0 Å². The third kappa shape index (κ3) is 8.27. The summed E-state index contributed by atoms with van der Waals surface area (Å²) in [6.45, 7) is 1.38. The molecule has 1 N–H and O–H groups in total. The largest absolute Gasteiger partial charge is 0.394 e. The molecule has 0 atom stereocenters. The maximum absolute atomic E-state index is 8.33. The van der Waals surface area contributed by atoms with Crippen LogP contribution in [0.3, 0.4) is 0 Å². The fourth-order valence-corrected chi connectivity index (χ4v) is 0.883. The van der Waals surface area contributed by atoms with E-state index in [0.29, 0.717) is 6.61 Å². The van der Waals surface area contributed by atoms with Crippen molar-refractivity contribution in [1.29, 1.82) is 0 Å². The van der Waals surface area contributed by atoms with E-state index in [2.05, 4.69) is 12.6 Å². The Labute approximate surface area is 68.0 Å². The van der Waals surface area contributed by atoms with Gasteiger partial charge in [0.15, 0.2) is 0 Å². The molecule has 62 valence electrons. The number of thiol groups is 1. The first-order chi connectivity index (χ1) is 4.91. The van der Waals surface area contributed by atoms with Gasteiger partial charge in [0.2, 0.25) is 0 Å². The van der Waals surface area contributed by atoms with Crippen LogP contribution in [0, 0.1) is 0 Å². The molecule has 0 heterocycles. The van der Waals surface area contributed by atoms with Crippen molar-refractivity contribution < 1.29 is 9.84 Å². The molecule has 0 aliphatic rings. The van der Waals surface area contributed by atoms with Gasteiger partial charge in [-0.2, -0.15) is 12.6 Å². The number of aliphatic hydroxyl groups is 1. The Morgan fingerprint density at radius 1 is 1.10 bits per heavy atom. The summed E-state index contributed by atoms with van der Waals surface area (Å²) in [5.41, 5.74) is 0. The summed E-state index contributed by atoms with van der Waals surface area (Å²) in [6, 6.07) is 0. The Balaban J connectivity index is 2.65. The van der Waals surface area contributed by atoms with Crippen molar-refractivity contribution in [1.82, 2.24) is 0 Å². The van der Waals surface area contributed by atoms with Crippen LogP contribution < -0.4 is 0 Å². The van der Waals surface area contributed by atoms with E-state index in [0.717, 1.165) is 25.2 Å². The molecule has 0 aliphatic heterocycles. The summed E-state index contributed by atoms with van der Waals surface area (Å²) in [5, 5.41) is 8.33. The van der Waals surface area contributed by atoms with Gasteiger partial charge in [0, 0.05) is 6.61 Å². The highest BCUT2D eigenvalue weighted by Gasteiger charge is 1.87. The minimum absolute atomic E-state index is 0.132. The molecule has 0 aromatic carbocycles. The second-order valence-corrected chi connectivity index (χ2v) is 2.57. The van der Waals surface area contributed by atoms with Crippen LogP contribution in [0.1, 0.15) is 19.3 Å². The van der Waals surface area contributed by atoms with E-state index in [1.165, 1.54) is 6.42 Å². The monoisotopic (exact) mass is 164 g/mol. The summed E-state index contributed by atoms with van der Waals surface area (Å²) in [4.78, 5) is 0. The van der Waals surface area contributed by atoms with Crippen LogP contribution >= 0.6 is 12.6 Å². The van der Waals surface area contributed by atoms with Gasteiger partial charge < -0.3 is 9.84 Å². The van der Waals surface area contributed by atoms with Crippen molar-refractivity contribution in [3.63, 3.8) is 0 Å². The number of hydrogen-bond acceptors (Lipinski definition) is 3. The molecule has 0 amide bonds. The van der Waals surface area contributed by atoms with Gasteiger partial charge in [-0.1, -0.05) is 6.42 Å². The third-order valence-electron chi connectivity index (χ3n) is 1.18. The molecule has 0 radical (unpaired) electrons. The van der Waals surface area contributed by atoms with Gasteiger partial charge in [0.1, 0.15) is 0 Å². The quantitative estimate of drug-likeness (QED) is 0.436. The zero-order chi connectivity index (χ0) is 7.66. The number of rotatable bonds is 7. The molecule has 0 aliphatic carbocycles. The fourth-order valence-electron chi connectivity index (χ4n) is 0.659. The molecule has 0 bridgehead atoms. The van der Waals surface area contributed by atoms with Gasteiger partial charge in [0.05, 0.1) is 13.2 Å².